The number of rotatable bonds is 12. The predicted octanol–water partition coefficient (Wildman–Crippen LogP) is -0.958. The van der Waals surface area contributed by atoms with Crippen LogP contribution in [0.4, 0.5) is 0 Å². The molecule has 8 N–H and O–H groups in total. The summed E-state index contributed by atoms with van der Waals surface area (Å²) < 4.78 is 45.1. The molecule has 14 atom stereocenters. The Hall–Kier alpha value is -4.86. The molecule has 3 aliphatic heterocycles. The number of carbonyl (C=O) groups excluding carboxylic acids is 1. The maximum absolute atomic E-state index is 13.4. The maximum Gasteiger partial charge on any atom is 0.374 e. The van der Waals surface area contributed by atoms with Gasteiger partial charge in [-0.15, -0.1) is 0 Å². The molecule has 1 aromatic heterocycles. The summed E-state index contributed by atoms with van der Waals surface area (Å²) in [6.07, 6.45) is -9.70. The Balaban J connectivity index is 1.20. The van der Waals surface area contributed by atoms with Crippen LogP contribution in [0.1, 0.15) is 28.7 Å². The molecule has 0 spiro atoms. The van der Waals surface area contributed by atoms with Gasteiger partial charge in [-0.2, -0.15) is 0 Å². The van der Waals surface area contributed by atoms with Gasteiger partial charge in [0.15, 0.2) is 0 Å². The van der Waals surface area contributed by atoms with Crippen LogP contribution in [-0.2, 0) is 23.7 Å². The van der Waals surface area contributed by atoms with Crippen LogP contribution in [0.5, 0.6) is 17.2 Å². The molecule has 0 bridgehead atoms. The number of methoxy groups -OCH3 is 2. The zero-order valence-electron chi connectivity index (χ0n) is 31.1. The minimum Gasteiger partial charge on any atom is -0.496 e. The average Bonchev–Trinajstić information content (AvgIpc) is 3.22. The Morgan fingerprint density at radius 3 is 1.76 bits per heavy atom. The highest BCUT2D eigenvalue weighted by atomic mass is 16.7. The highest BCUT2D eigenvalue weighted by molar-refractivity contribution is 5.89. The first kappa shape index (κ1) is 41.3. The second kappa shape index (κ2) is 16.8. The van der Waals surface area contributed by atoms with Crippen LogP contribution in [0.15, 0.2) is 87.8 Å². The lowest BCUT2D eigenvalue weighted by atomic mass is 9.49. The Morgan fingerprint density at radius 2 is 1.24 bits per heavy atom. The van der Waals surface area contributed by atoms with Crippen molar-refractivity contribution in [2.45, 2.75) is 78.8 Å². The SMILES string of the molecule is COC1=C[C@@H]2[C@H](c3ccc(O[C@@H]4O[C@H](CO)[C@@H](O)[C@H](O)[C@H]4O)cc3)[C@@H](c3cc(OC)cc(=O)o3)[C@]2(/C=C/c2ccc(O[C@@H]3O[C@H](CO)[C@@H](O)[C@H](O)[C@H]3O)cc2)OC1=O. The number of carbonyl (C=O) groups is 1. The van der Waals surface area contributed by atoms with Crippen LogP contribution in [0, 0.1) is 5.92 Å². The van der Waals surface area contributed by atoms with Crippen molar-refractivity contribution in [2.24, 2.45) is 5.92 Å². The van der Waals surface area contributed by atoms with Gasteiger partial charge in [0.05, 0.1) is 39.4 Å². The van der Waals surface area contributed by atoms with Crippen molar-refractivity contribution in [1.29, 1.82) is 0 Å². The fraction of sp³-hybridized carbons (Fsp3) is 0.450. The Morgan fingerprint density at radius 1 is 0.690 bits per heavy atom. The number of esters is 1. The normalized spacial score (nSPS) is 35.9. The van der Waals surface area contributed by atoms with Gasteiger partial charge in [-0.05, 0) is 47.5 Å². The quantitative estimate of drug-likeness (QED) is 0.102. The van der Waals surface area contributed by atoms with Gasteiger partial charge in [0.1, 0.15) is 77.4 Å². The van der Waals surface area contributed by atoms with Crippen molar-refractivity contribution in [2.75, 3.05) is 27.4 Å². The van der Waals surface area contributed by atoms with Crippen molar-refractivity contribution in [3.8, 4) is 17.2 Å². The molecule has 2 aromatic carbocycles. The number of fused-ring (bicyclic) bond motifs is 1. The molecule has 2 saturated heterocycles. The van der Waals surface area contributed by atoms with E-state index in [1.165, 1.54) is 26.4 Å². The minimum atomic E-state index is -1.64. The number of aliphatic hydroxyl groups is 8. The Labute approximate surface area is 330 Å². The summed E-state index contributed by atoms with van der Waals surface area (Å²) in [6, 6.07) is 15.7. The van der Waals surface area contributed by atoms with Crippen LogP contribution in [-0.4, -0.2) is 141 Å². The van der Waals surface area contributed by atoms with E-state index in [9.17, 15) is 50.4 Å². The highest BCUT2D eigenvalue weighted by Gasteiger charge is 2.67. The Kier molecular flexibility index (Phi) is 12.0. The summed E-state index contributed by atoms with van der Waals surface area (Å²) in [5.74, 6) is -1.93. The molecule has 1 aliphatic carbocycles. The number of aliphatic hydroxyl groups excluding tert-OH is 8. The molecule has 18 heteroatoms. The average molecular weight is 813 g/mol. The van der Waals surface area contributed by atoms with Gasteiger partial charge < -0.3 is 78.4 Å². The van der Waals surface area contributed by atoms with Crippen LogP contribution in [0.25, 0.3) is 6.08 Å². The third-order valence-electron chi connectivity index (χ3n) is 11.0. The topological polar surface area (TPSA) is 274 Å². The minimum absolute atomic E-state index is 0.0400. The van der Waals surface area contributed by atoms with E-state index in [1.807, 2.05) is 0 Å². The van der Waals surface area contributed by atoms with Crippen molar-refractivity contribution in [1.82, 2.24) is 0 Å². The zero-order valence-corrected chi connectivity index (χ0v) is 31.1. The lowest BCUT2D eigenvalue weighted by Gasteiger charge is -2.59. The van der Waals surface area contributed by atoms with Gasteiger partial charge in [-0.1, -0.05) is 30.3 Å². The van der Waals surface area contributed by atoms with E-state index >= 15 is 0 Å². The number of hydrogen-bond acceptors (Lipinski definition) is 18. The van der Waals surface area contributed by atoms with Gasteiger partial charge in [0, 0.05) is 17.9 Å². The highest BCUT2D eigenvalue weighted by Crippen LogP contribution is 2.65. The first-order valence-electron chi connectivity index (χ1n) is 18.3. The second-order valence-electron chi connectivity index (χ2n) is 14.3. The monoisotopic (exact) mass is 812 g/mol. The smallest absolute Gasteiger partial charge is 0.374 e. The molecule has 0 unspecified atom stereocenters. The van der Waals surface area contributed by atoms with E-state index < -0.39 is 110 Å². The number of hydrogen-bond donors (Lipinski definition) is 8. The van der Waals surface area contributed by atoms with E-state index in [-0.39, 0.29) is 28.8 Å². The van der Waals surface area contributed by atoms with Gasteiger partial charge in [-0.25, -0.2) is 9.59 Å². The largest absolute Gasteiger partial charge is 0.496 e. The summed E-state index contributed by atoms with van der Waals surface area (Å²) in [7, 11) is 2.73. The van der Waals surface area contributed by atoms with E-state index in [0.717, 1.165) is 0 Å². The van der Waals surface area contributed by atoms with E-state index in [1.54, 1.807) is 66.8 Å². The number of benzene rings is 2. The molecule has 3 aromatic rings. The molecule has 0 amide bonds. The molecule has 58 heavy (non-hydrogen) atoms. The first-order chi connectivity index (χ1) is 27.8. The summed E-state index contributed by atoms with van der Waals surface area (Å²) in [4.78, 5) is 26.2. The molecule has 312 valence electrons. The Bertz CT molecular complexity index is 2030. The lowest BCUT2D eigenvalue weighted by Crippen LogP contribution is -2.62. The van der Waals surface area contributed by atoms with Crippen LogP contribution in [0.2, 0.25) is 0 Å². The third-order valence-corrected chi connectivity index (χ3v) is 11.0. The van der Waals surface area contributed by atoms with Gasteiger partial charge in [-0.3, -0.25) is 0 Å². The molecular weight excluding hydrogens is 768 g/mol. The van der Waals surface area contributed by atoms with Gasteiger partial charge >= 0.3 is 11.6 Å². The van der Waals surface area contributed by atoms with Crippen molar-refractivity contribution in [3.63, 3.8) is 0 Å². The van der Waals surface area contributed by atoms with Crippen LogP contribution in [0.3, 0.4) is 0 Å². The molecule has 4 heterocycles. The molecule has 0 radical (unpaired) electrons. The van der Waals surface area contributed by atoms with Crippen LogP contribution >= 0.6 is 0 Å². The molecule has 3 fully saturated rings. The lowest BCUT2D eigenvalue weighted by molar-refractivity contribution is -0.277. The molecular formula is C40H44O18. The molecule has 4 aliphatic rings. The summed E-state index contributed by atoms with van der Waals surface area (Å²) in [5, 5.41) is 80.5. The standard InChI is InChI=1S/C40H44O18/c1-51-22-13-24(55-28(43)14-22)30-29(19-5-9-21(10-6-19)54-39-36(49)34(47)32(45)27(17-42)57-39)23-15-25(52-2)37(50)58-40(23,30)12-11-18-3-7-20(8-4-18)53-38-35(48)33(46)31(44)26(16-41)56-38/h3-15,23,26-27,29-36,38-39,41-42,44-49H,16-17H2,1-2H3/b12-11+/t23-,26-,27-,29+,30-,31-,32-,33+,34+,35-,36-,38-,39-,40-/m1/s1. The fourth-order valence-electron chi connectivity index (χ4n) is 7.86. The second-order valence-corrected chi connectivity index (χ2v) is 14.3. The summed E-state index contributed by atoms with van der Waals surface area (Å²) in [6.45, 7) is -1.24. The molecule has 18 nitrogen and oxygen atoms in total. The summed E-state index contributed by atoms with van der Waals surface area (Å²) >= 11 is 0. The maximum atomic E-state index is 13.4. The predicted molar refractivity (Wildman–Crippen MR) is 195 cm³/mol. The zero-order chi connectivity index (χ0) is 41.5. The van der Waals surface area contributed by atoms with E-state index in [4.69, 9.17) is 37.6 Å². The molecule has 7 rings (SSSR count). The third kappa shape index (κ3) is 7.59. The van der Waals surface area contributed by atoms with Crippen LogP contribution < -0.4 is 19.8 Å². The van der Waals surface area contributed by atoms with Crippen molar-refractivity contribution >= 4 is 12.0 Å². The number of ether oxygens (including phenoxy) is 7. The van der Waals surface area contributed by atoms with Crippen molar-refractivity contribution < 1.29 is 83.2 Å². The molecule has 1 saturated carbocycles. The summed E-state index contributed by atoms with van der Waals surface area (Å²) in [5.41, 5.74) is -0.853. The van der Waals surface area contributed by atoms with Crippen molar-refractivity contribution in [3.05, 3.63) is 106 Å². The van der Waals surface area contributed by atoms with E-state index in [0.29, 0.717) is 11.1 Å². The first-order valence-corrected chi connectivity index (χ1v) is 18.3. The van der Waals surface area contributed by atoms with Gasteiger partial charge in [0.25, 0.3) is 0 Å². The van der Waals surface area contributed by atoms with Gasteiger partial charge in [0.2, 0.25) is 18.3 Å². The van der Waals surface area contributed by atoms with E-state index in [2.05, 4.69) is 0 Å². The fourth-order valence-corrected chi connectivity index (χ4v) is 7.86.